The molecule has 0 bridgehead atoms. The molecule has 6 heteroatoms. The number of anilines is 1. The minimum Gasteiger partial charge on any atom is -0.493 e. The van der Waals surface area contributed by atoms with Gasteiger partial charge in [0, 0.05) is 22.3 Å². The highest BCUT2D eigenvalue weighted by atomic mass is 16.5. The lowest BCUT2D eigenvalue weighted by Gasteiger charge is -2.13. The monoisotopic (exact) mass is 504 g/mol. The van der Waals surface area contributed by atoms with Crippen molar-refractivity contribution in [3.63, 3.8) is 0 Å². The first-order valence-corrected chi connectivity index (χ1v) is 12.9. The van der Waals surface area contributed by atoms with Crippen LogP contribution in [-0.2, 0) is 6.54 Å². The highest BCUT2D eigenvalue weighted by molar-refractivity contribution is 6.13. The van der Waals surface area contributed by atoms with E-state index in [0.717, 1.165) is 50.5 Å². The van der Waals surface area contributed by atoms with Gasteiger partial charge in [0.2, 0.25) is 0 Å². The molecule has 0 radical (unpaired) electrons. The van der Waals surface area contributed by atoms with Crippen LogP contribution < -0.4 is 10.1 Å². The SMILES string of the molecule is Cc1cc(C)n(Cc2ccc(NC(=O)c3cc(-c4cccc(OCC(C)C)c4)nc4ccccc34)cc2)n1. The minimum atomic E-state index is -0.177. The molecule has 3 aromatic carbocycles. The Morgan fingerprint density at radius 3 is 2.47 bits per heavy atom. The maximum absolute atomic E-state index is 13.5. The Balaban J connectivity index is 1.40. The maximum Gasteiger partial charge on any atom is 0.256 e. The lowest BCUT2D eigenvalue weighted by molar-refractivity contribution is 0.102. The van der Waals surface area contributed by atoms with Crippen LogP contribution in [0.1, 0.15) is 41.2 Å². The second kappa shape index (κ2) is 10.9. The van der Waals surface area contributed by atoms with Gasteiger partial charge < -0.3 is 10.1 Å². The lowest BCUT2D eigenvalue weighted by Crippen LogP contribution is -2.13. The van der Waals surface area contributed by atoms with Crippen LogP contribution in [0.15, 0.2) is 84.9 Å². The van der Waals surface area contributed by atoms with Crippen molar-refractivity contribution in [3.05, 3.63) is 107 Å². The second-order valence-electron chi connectivity index (χ2n) is 10.0. The summed E-state index contributed by atoms with van der Waals surface area (Å²) in [6.45, 7) is 9.61. The van der Waals surface area contributed by atoms with E-state index in [1.807, 2.05) is 90.5 Å². The van der Waals surface area contributed by atoms with Gasteiger partial charge >= 0.3 is 0 Å². The van der Waals surface area contributed by atoms with E-state index in [9.17, 15) is 4.79 Å². The third-order valence-electron chi connectivity index (χ3n) is 6.32. The molecule has 0 fully saturated rings. The molecular formula is C32H32N4O2. The fourth-order valence-corrected chi connectivity index (χ4v) is 4.42. The summed E-state index contributed by atoms with van der Waals surface area (Å²) < 4.78 is 7.90. The van der Waals surface area contributed by atoms with Crippen LogP contribution in [0.25, 0.3) is 22.2 Å². The number of carbonyl (C=O) groups is 1. The smallest absolute Gasteiger partial charge is 0.256 e. The molecule has 1 N–H and O–H groups in total. The number of rotatable bonds is 8. The molecule has 192 valence electrons. The number of ether oxygens (including phenoxy) is 1. The van der Waals surface area contributed by atoms with Crippen molar-refractivity contribution in [2.75, 3.05) is 11.9 Å². The Morgan fingerprint density at radius 1 is 0.947 bits per heavy atom. The zero-order chi connectivity index (χ0) is 26.6. The first-order chi connectivity index (χ1) is 18.4. The highest BCUT2D eigenvalue weighted by Crippen LogP contribution is 2.28. The normalized spacial score (nSPS) is 11.2. The second-order valence-corrected chi connectivity index (χ2v) is 10.0. The van der Waals surface area contributed by atoms with Crippen molar-refractivity contribution in [1.82, 2.24) is 14.8 Å². The number of pyridine rings is 1. The molecule has 0 saturated heterocycles. The number of nitrogens with zero attached hydrogens (tertiary/aromatic N) is 3. The third kappa shape index (κ3) is 5.75. The van der Waals surface area contributed by atoms with E-state index >= 15 is 0 Å². The number of benzene rings is 3. The Bertz CT molecular complexity index is 1590. The first kappa shape index (κ1) is 25.2. The number of carbonyl (C=O) groups excluding carboxylic acids is 1. The van der Waals surface area contributed by atoms with Gasteiger partial charge in [-0.25, -0.2) is 4.98 Å². The molecule has 38 heavy (non-hydrogen) atoms. The standard InChI is InChI=1S/C32H32N4O2/c1-21(2)20-38-27-9-7-8-25(17-27)31-18-29(28-10-5-6-11-30(28)34-31)32(37)33-26-14-12-24(13-15-26)19-36-23(4)16-22(3)35-36/h5-18,21H,19-20H2,1-4H3,(H,33,37). The third-order valence-corrected chi connectivity index (χ3v) is 6.32. The van der Waals surface area contributed by atoms with Gasteiger partial charge in [-0.05, 0) is 67.8 Å². The molecule has 0 unspecified atom stereocenters. The average molecular weight is 505 g/mol. The van der Waals surface area contributed by atoms with E-state index in [-0.39, 0.29) is 5.91 Å². The molecule has 0 saturated carbocycles. The average Bonchev–Trinajstić information content (AvgIpc) is 3.24. The number of hydrogen-bond donors (Lipinski definition) is 1. The first-order valence-electron chi connectivity index (χ1n) is 12.9. The number of aromatic nitrogens is 3. The van der Waals surface area contributed by atoms with Crippen LogP contribution in [0.5, 0.6) is 5.75 Å². The molecular weight excluding hydrogens is 472 g/mol. The summed E-state index contributed by atoms with van der Waals surface area (Å²) in [5.74, 6) is 1.04. The number of amides is 1. The highest BCUT2D eigenvalue weighted by Gasteiger charge is 2.15. The topological polar surface area (TPSA) is 69.0 Å². The van der Waals surface area contributed by atoms with Gasteiger partial charge in [-0.3, -0.25) is 9.48 Å². The van der Waals surface area contributed by atoms with Crippen molar-refractivity contribution < 1.29 is 9.53 Å². The van der Waals surface area contributed by atoms with E-state index in [0.29, 0.717) is 24.6 Å². The fraction of sp³-hybridized carbons (Fsp3) is 0.219. The quantitative estimate of drug-likeness (QED) is 0.246. The zero-order valence-electron chi connectivity index (χ0n) is 22.2. The Hall–Kier alpha value is -4.45. The Kier molecular flexibility index (Phi) is 7.22. The van der Waals surface area contributed by atoms with Crippen LogP contribution in [0.2, 0.25) is 0 Å². The Morgan fingerprint density at radius 2 is 1.74 bits per heavy atom. The predicted molar refractivity (Wildman–Crippen MR) is 153 cm³/mol. The van der Waals surface area contributed by atoms with Gasteiger partial charge in [0.05, 0.1) is 35.6 Å². The van der Waals surface area contributed by atoms with Crippen molar-refractivity contribution in [2.24, 2.45) is 5.92 Å². The molecule has 6 nitrogen and oxygen atoms in total. The lowest BCUT2D eigenvalue weighted by atomic mass is 10.0. The number of nitrogens with one attached hydrogen (secondary N) is 1. The van der Waals surface area contributed by atoms with Crippen LogP contribution in [0.4, 0.5) is 5.69 Å². The Labute approximate surface area is 223 Å². The molecule has 5 aromatic rings. The molecule has 0 atom stereocenters. The van der Waals surface area contributed by atoms with E-state index < -0.39 is 0 Å². The largest absolute Gasteiger partial charge is 0.493 e. The summed E-state index contributed by atoms with van der Waals surface area (Å²) in [7, 11) is 0. The van der Waals surface area contributed by atoms with Crippen LogP contribution in [-0.4, -0.2) is 27.3 Å². The fourth-order valence-electron chi connectivity index (χ4n) is 4.42. The van der Waals surface area contributed by atoms with Gasteiger partial charge in [0.25, 0.3) is 5.91 Å². The summed E-state index contributed by atoms with van der Waals surface area (Å²) in [5, 5.41) is 8.41. The molecule has 2 heterocycles. The van der Waals surface area contributed by atoms with Gasteiger partial charge in [0.15, 0.2) is 0 Å². The van der Waals surface area contributed by atoms with Crippen molar-refractivity contribution in [2.45, 2.75) is 34.2 Å². The summed E-state index contributed by atoms with van der Waals surface area (Å²) in [4.78, 5) is 18.4. The number of fused-ring (bicyclic) bond motifs is 1. The van der Waals surface area contributed by atoms with Crippen LogP contribution in [0, 0.1) is 19.8 Å². The van der Waals surface area contributed by atoms with Crippen molar-refractivity contribution in [3.8, 4) is 17.0 Å². The summed E-state index contributed by atoms with van der Waals surface area (Å²) in [6, 6.07) is 27.4. The van der Waals surface area contributed by atoms with Crippen molar-refractivity contribution >= 4 is 22.5 Å². The molecule has 0 aliphatic rings. The van der Waals surface area contributed by atoms with Crippen molar-refractivity contribution in [1.29, 1.82) is 0 Å². The summed E-state index contributed by atoms with van der Waals surface area (Å²) in [5.41, 5.74) is 6.95. The molecule has 0 spiro atoms. The molecule has 0 aliphatic carbocycles. The number of hydrogen-bond acceptors (Lipinski definition) is 4. The molecule has 0 aliphatic heterocycles. The minimum absolute atomic E-state index is 0.177. The van der Waals surface area contributed by atoms with E-state index in [1.165, 1.54) is 0 Å². The van der Waals surface area contributed by atoms with Gasteiger partial charge in [-0.1, -0.05) is 56.3 Å². The predicted octanol–water partition coefficient (Wildman–Crippen LogP) is 7.05. The number of para-hydroxylation sites is 1. The molecule has 5 rings (SSSR count). The summed E-state index contributed by atoms with van der Waals surface area (Å²) >= 11 is 0. The zero-order valence-corrected chi connectivity index (χ0v) is 22.2. The van der Waals surface area contributed by atoms with Crippen LogP contribution >= 0.6 is 0 Å². The molecule has 2 aromatic heterocycles. The van der Waals surface area contributed by atoms with E-state index in [1.54, 1.807) is 0 Å². The number of aryl methyl sites for hydroxylation is 2. The summed E-state index contributed by atoms with van der Waals surface area (Å²) in [6.07, 6.45) is 0. The molecule has 1 amide bonds. The van der Waals surface area contributed by atoms with Crippen LogP contribution in [0.3, 0.4) is 0 Å². The van der Waals surface area contributed by atoms with E-state index in [2.05, 4.69) is 37.3 Å². The van der Waals surface area contributed by atoms with Gasteiger partial charge in [-0.15, -0.1) is 0 Å². The van der Waals surface area contributed by atoms with E-state index in [4.69, 9.17) is 9.72 Å². The maximum atomic E-state index is 13.5. The van der Waals surface area contributed by atoms with Gasteiger partial charge in [0.1, 0.15) is 5.75 Å². The van der Waals surface area contributed by atoms with Gasteiger partial charge in [-0.2, -0.15) is 5.10 Å².